The third-order valence-electron chi connectivity index (χ3n) is 3.00. The van der Waals surface area contributed by atoms with Crippen LogP contribution in [0.25, 0.3) is 0 Å². The van der Waals surface area contributed by atoms with Crippen LogP contribution in [0.4, 0.5) is 5.69 Å². The molecule has 2 aromatic carbocycles. The molecule has 2 rings (SSSR count). The zero-order valence-electron chi connectivity index (χ0n) is 12.9. The van der Waals surface area contributed by atoms with Gasteiger partial charge < -0.3 is 15.2 Å². The van der Waals surface area contributed by atoms with Crippen molar-refractivity contribution in [3.63, 3.8) is 0 Å². The van der Waals surface area contributed by atoms with Gasteiger partial charge in [0, 0.05) is 10.6 Å². The molecule has 25 heavy (non-hydrogen) atoms. The van der Waals surface area contributed by atoms with Crippen molar-refractivity contribution in [3.05, 3.63) is 50.4 Å². The molecule has 0 aromatic heterocycles. The van der Waals surface area contributed by atoms with Crippen molar-refractivity contribution in [2.45, 2.75) is 6.92 Å². The summed E-state index contributed by atoms with van der Waals surface area (Å²) in [7, 11) is 0. The number of benzene rings is 2. The first-order chi connectivity index (χ1) is 11.8. The van der Waals surface area contributed by atoms with E-state index in [1.54, 1.807) is 18.2 Å². The van der Waals surface area contributed by atoms with Crippen molar-refractivity contribution in [3.8, 4) is 11.5 Å². The minimum atomic E-state index is -0.422. The molecule has 0 radical (unpaired) electrons. The first-order valence-electron chi connectivity index (χ1n) is 7.04. The van der Waals surface area contributed by atoms with E-state index in [1.807, 2.05) is 6.92 Å². The summed E-state index contributed by atoms with van der Waals surface area (Å²) < 4.78 is 6.05. The van der Waals surface area contributed by atoms with Crippen molar-refractivity contribution in [2.75, 3.05) is 11.9 Å². The zero-order valence-corrected chi connectivity index (χ0v) is 16.8. The Morgan fingerprint density at radius 2 is 2.04 bits per heavy atom. The van der Waals surface area contributed by atoms with Crippen LogP contribution in [0.3, 0.4) is 0 Å². The van der Waals surface area contributed by atoms with E-state index in [2.05, 4.69) is 26.6 Å². The second kappa shape index (κ2) is 8.71. The van der Waals surface area contributed by atoms with E-state index in [-0.39, 0.29) is 21.6 Å². The highest BCUT2D eigenvalue weighted by molar-refractivity contribution is 9.10. The number of thiocarbonyl (C=S) groups is 1. The Balaban J connectivity index is 2.08. The highest BCUT2D eigenvalue weighted by Crippen LogP contribution is 2.35. The van der Waals surface area contributed by atoms with E-state index < -0.39 is 5.91 Å². The monoisotopic (exact) mass is 462 g/mol. The number of halogens is 3. The molecule has 9 heteroatoms. The predicted molar refractivity (Wildman–Crippen MR) is 107 cm³/mol. The van der Waals surface area contributed by atoms with E-state index in [1.165, 1.54) is 12.1 Å². The van der Waals surface area contributed by atoms with Gasteiger partial charge in [0.05, 0.1) is 21.8 Å². The minimum Gasteiger partial charge on any atom is -0.504 e. The normalized spacial score (nSPS) is 10.2. The quantitative estimate of drug-likeness (QED) is 0.440. The van der Waals surface area contributed by atoms with Gasteiger partial charge in [0.1, 0.15) is 5.75 Å². The first kappa shape index (κ1) is 19.8. The summed E-state index contributed by atoms with van der Waals surface area (Å²) in [5.41, 5.74) is 0.573. The molecule has 3 N–H and O–H groups in total. The average Bonchev–Trinajstić information content (AvgIpc) is 2.54. The number of phenolic OH excluding ortho intramolecular Hbond substituents is 1. The molecule has 5 nitrogen and oxygen atoms in total. The van der Waals surface area contributed by atoms with Crippen LogP contribution in [0.15, 0.2) is 34.8 Å². The molecule has 2 aromatic rings. The van der Waals surface area contributed by atoms with Gasteiger partial charge in [0.15, 0.2) is 10.9 Å². The van der Waals surface area contributed by atoms with Crippen molar-refractivity contribution in [1.29, 1.82) is 0 Å². The summed E-state index contributed by atoms with van der Waals surface area (Å²) in [4.78, 5) is 12.3. The highest BCUT2D eigenvalue weighted by atomic mass is 79.9. The van der Waals surface area contributed by atoms with Crippen LogP contribution in [-0.4, -0.2) is 22.7 Å². The van der Waals surface area contributed by atoms with Crippen LogP contribution in [0, 0.1) is 0 Å². The van der Waals surface area contributed by atoms with E-state index in [4.69, 9.17) is 40.2 Å². The number of amides is 1. The molecule has 0 heterocycles. The molecule has 0 aliphatic carbocycles. The molecule has 0 saturated heterocycles. The largest absolute Gasteiger partial charge is 0.504 e. The Labute approximate surface area is 168 Å². The Morgan fingerprint density at radius 1 is 1.32 bits per heavy atom. The van der Waals surface area contributed by atoms with Gasteiger partial charge in [-0.1, -0.05) is 23.2 Å². The number of carbonyl (C=O) groups excluding carboxylic acids is 1. The van der Waals surface area contributed by atoms with E-state index >= 15 is 0 Å². The van der Waals surface area contributed by atoms with Gasteiger partial charge in [0.2, 0.25) is 0 Å². The Kier molecular flexibility index (Phi) is 6.89. The molecule has 0 aliphatic heterocycles. The van der Waals surface area contributed by atoms with Crippen molar-refractivity contribution in [2.24, 2.45) is 0 Å². The molecular weight excluding hydrogens is 451 g/mol. The van der Waals surface area contributed by atoms with Crippen LogP contribution >= 0.6 is 51.3 Å². The second-order valence-electron chi connectivity index (χ2n) is 4.77. The summed E-state index contributed by atoms with van der Waals surface area (Å²) in [5, 5.41) is 15.5. The topological polar surface area (TPSA) is 70.6 Å². The lowest BCUT2D eigenvalue weighted by atomic mass is 10.2. The lowest BCUT2D eigenvalue weighted by molar-refractivity contribution is 0.0977. The fraction of sp³-hybridized carbons (Fsp3) is 0.125. The number of carbonyl (C=O) groups is 1. The number of rotatable bonds is 4. The molecule has 0 spiro atoms. The Bertz CT molecular complexity index is 833. The van der Waals surface area contributed by atoms with Gasteiger partial charge in [-0.15, -0.1) is 0 Å². The highest BCUT2D eigenvalue weighted by Gasteiger charge is 2.13. The fourth-order valence-corrected chi connectivity index (χ4v) is 3.09. The van der Waals surface area contributed by atoms with E-state index in [9.17, 15) is 9.90 Å². The summed E-state index contributed by atoms with van der Waals surface area (Å²) in [6.07, 6.45) is 0. The fourth-order valence-electron chi connectivity index (χ4n) is 1.90. The third kappa shape index (κ3) is 5.22. The minimum absolute atomic E-state index is 0.0105. The Hall–Kier alpha value is -1.54. The van der Waals surface area contributed by atoms with Crippen molar-refractivity contribution >= 4 is 68.1 Å². The van der Waals surface area contributed by atoms with Gasteiger partial charge in [-0.2, -0.15) is 0 Å². The number of hydrogen-bond donors (Lipinski definition) is 3. The van der Waals surface area contributed by atoms with Gasteiger partial charge in [-0.05, 0) is 65.4 Å². The van der Waals surface area contributed by atoms with Crippen molar-refractivity contribution < 1.29 is 14.6 Å². The van der Waals surface area contributed by atoms with Gasteiger partial charge in [-0.25, -0.2) is 0 Å². The van der Waals surface area contributed by atoms with Gasteiger partial charge in [0.25, 0.3) is 5.91 Å². The molecule has 0 saturated carbocycles. The molecule has 1 amide bonds. The van der Waals surface area contributed by atoms with E-state index in [0.29, 0.717) is 27.4 Å². The number of anilines is 1. The van der Waals surface area contributed by atoms with Gasteiger partial charge in [-0.3, -0.25) is 10.1 Å². The maximum Gasteiger partial charge on any atom is 0.257 e. The summed E-state index contributed by atoms with van der Waals surface area (Å²) in [5.74, 6) is -0.00131. The lowest BCUT2D eigenvalue weighted by Crippen LogP contribution is -2.34. The number of phenols is 1. The zero-order chi connectivity index (χ0) is 18.6. The summed E-state index contributed by atoms with van der Waals surface area (Å²) in [6, 6.07) is 7.75. The molecule has 0 fully saturated rings. The van der Waals surface area contributed by atoms with Crippen LogP contribution in [0.5, 0.6) is 11.5 Å². The van der Waals surface area contributed by atoms with Crippen LogP contribution in [-0.2, 0) is 0 Å². The van der Waals surface area contributed by atoms with Crippen LogP contribution < -0.4 is 15.4 Å². The lowest BCUT2D eigenvalue weighted by Gasteiger charge is -2.13. The molecule has 132 valence electrons. The SMILES string of the molecule is CCOc1ccc(C(=O)NC(=S)Nc2cc(Cl)cc(Cl)c2O)cc1Br. The second-order valence-corrected chi connectivity index (χ2v) is 6.88. The van der Waals surface area contributed by atoms with Crippen LogP contribution in [0.1, 0.15) is 17.3 Å². The maximum absolute atomic E-state index is 12.3. The molecule has 0 unspecified atom stereocenters. The predicted octanol–water partition coefficient (Wildman–Crippen LogP) is 4.99. The van der Waals surface area contributed by atoms with Gasteiger partial charge >= 0.3 is 0 Å². The van der Waals surface area contributed by atoms with Crippen molar-refractivity contribution in [1.82, 2.24) is 5.32 Å². The number of aromatic hydroxyl groups is 1. The summed E-state index contributed by atoms with van der Waals surface area (Å²) >= 11 is 20.1. The average molecular weight is 464 g/mol. The first-order valence-corrected chi connectivity index (χ1v) is 9.00. The van der Waals surface area contributed by atoms with Crippen LogP contribution in [0.2, 0.25) is 10.0 Å². The molecule has 0 aliphatic rings. The number of hydrogen-bond acceptors (Lipinski definition) is 4. The summed E-state index contributed by atoms with van der Waals surface area (Å²) in [6.45, 7) is 2.39. The smallest absolute Gasteiger partial charge is 0.257 e. The number of nitrogens with one attached hydrogen (secondary N) is 2. The van der Waals surface area contributed by atoms with E-state index in [0.717, 1.165) is 0 Å². The number of ether oxygens (including phenoxy) is 1. The standard InChI is InChI=1S/C16H13BrCl2N2O3S/c1-2-24-13-4-3-8(5-10(13)17)15(23)21-16(25)20-12-7-9(18)6-11(19)14(12)22/h3-7,22H,2H2,1H3,(H2,20,21,23,25). The Morgan fingerprint density at radius 3 is 2.68 bits per heavy atom. The molecular formula is C16H13BrCl2N2O3S. The molecule has 0 atom stereocenters. The molecule has 0 bridgehead atoms. The maximum atomic E-state index is 12.3. The third-order valence-corrected chi connectivity index (χ3v) is 4.33.